The first-order valence-electron chi connectivity index (χ1n) is 7.50. The van der Waals surface area contributed by atoms with Crippen LogP contribution in [0.25, 0.3) is 0 Å². The van der Waals surface area contributed by atoms with Crippen molar-refractivity contribution >= 4 is 15.7 Å². The third-order valence-electron chi connectivity index (χ3n) is 4.19. The quantitative estimate of drug-likeness (QED) is 0.928. The fourth-order valence-electron chi connectivity index (χ4n) is 3.01. The van der Waals surface area contributed by atoms with Crippen molar-refractivity contribution in [2.24, 2.45) is 5.41 Å². The number of anilines is 1. The van der Waals surface area contributed by atoms with E-state index in [4.69, 9.17) is 0 Å². The lowest BCUT2D eigenvalue weighted by molar-refractivity contribution is 0.229. The van der Waals surface area contributed by atoms with E-state index in [9.17, 15) is 8.42 Å². The monoisotopic (exact) mass is 310 g/mol. The van der Waals surface area contributed by atoms with Crippen molar-refractivity contribution in [1.82, 2.24) is 4.31 Å². The molecular weight excluding hydrogens is 284 g/mol. The molecule has 4 nitrogen and oxygen atoms in total. The van der Waals surface area contributed by atoms with E-state index in [0.29, 0.717) is 16.4 Å². The van der Waals surface area contributed by atoms with E-state index in [1.807, 2.05) is 6.07 Å². The van der Waals surface area contributed by atoms with Gasteiger partial charge in [-0.05, 0) is 42.9 Å². The van der Waals surface area contributed by atoms with Gasteiger partial charge in [0.1, 0.15) is 0 Å². The standard InChI is InChI=1S/C16H26N2O2S/c1-16(2)10-6-8-14(12-16)17-13-7-5-9-15(11-13)21(19,20)18(3)4/h5,7,9,11,14,17H,6,8,10,12H2,1-4H3. The van der Waals surface area contributed by atoms with E-state index >= 15 is 0 Å². The zero-order chi connectivity index (χ0) is 15.7. The number of benzene rings is 1. The van der Waals surface area contributed by atoms with E-state index in [1.54, 1.807) is 32.3 Å². The Morgan fingerprint density at radius 2 is 2.00 bits per heavy atom. The zero-order valence-corrected chi connectivity index (χ0v) is 14.2. The molecule has 2 rings (SSSR count). The Morgan fingerprint density at radius 3 is 2.62 bits per heavy atom. The van der Waals surface area contributed by atoms with E-state index < -0.39 is 10.0 Å². The summed E-state index contributed by atoms with van der Waals surface area (Å²) in [4.78, 5) is 0.340. The predicted molar refractivity (Wildman–Crippen MR) is 87.0 cm³/mol. The van der Waals surface area contributed by atoms with Crippen LogP contribution in [0.2, 0.25) is 0 Å². The topological polar surface area (TPSA) is 49.4 Å². The van der Waals surface area contributed by atoms with Gasteiger partial charge in [0, 0.05) is 25.8 Å². The minimum absolute atomic E-state index is 0.340. The third kappa shape index (κ3) is 3.98. The molecule has 1 aliphatic carbocycles. The molecule has 0 aliphatic heterocycles. The average molecular weight is 310 g/mol. The fraction of sp³-hybridized carbons (Fsp3) is 0.625. The highest BCUT2D eigenvalue weighted by Gasteiger charge is 2.28. The van der Waals surface area contributed by atoms with Gasteiger partial charge < -0.3 is 5.32 Å². The Hall–Kier alpha value is -1.07. The number of nitrogens with zero attached hydrogens (tertiary/aromatic N) is 1. The van der Waals surface area contributed by atoms with Crippen LogP contribution in [0, 0.1) is 5.41 Å². The van der Waals surface area contributed by atoms with Crippen molar-refractivity contribution in [2.45, 2.75) is 50.5 Å². The van der Waals surface area contributed by atoms with Crippen molar-refractivity contribution in [3.63, 3.8) is 0 Å². The summed E-state index contributed by atoms with van der Waals surface area (Å²) in [5, 5.41) is 3.50. The molecule has 5 heteroatoms. The second kappa shape index (κ2) is 5.97. The van der Waals surface area contributed by atoms with E-state index in [2.05, 4.69) is 19.2 Å². The maximum atomic E-state index is 12.2. The van der Waals surface area contributed by atoms with Crippen LogP contribution in [0.15, 0.2) is 29.2 Å². The van der Waals surface area contributed by atoms with Gasteiger partial charge in [0.2, 0.25) is 10.0 Å². The van der Waals surface area contributed by atoms with Gasteiger partial charge in [-0.25, -0.2) is 12.7 Å². The summed E-state index contributed by atoms with van der Waals surface area (Å²) in [6.07, 6.45) is 4.76. The Balaban J connectivity index is 2.15. The van der Waals surface area contributed by atoms with Crippen molar-refractivity contribution in [2.75, 3.05) is 19.4 Å². The lowest BCUT2D eigenvalue weighted by atomic mass is 9.75. The minimum Gasteiger partial charge on any atom is -0.382 e. The van der Waals surface area contributed by atoms with Crippen molar-refractivity contribution in [3.8, 4) is 0 Å². The van der Waals surface area contributed by atoms with Gasteiger partial charge in [0.15, 0.2) is 0 Å². The number of hydrogen-bond donors (Lipinski definition) is 1. The summed E-state index contributed by atoms with van der Waals surface area (Å²) in [5.41, 5.74) is 1.25. The Morgan fingerprint density at radius 1 is 1.29 bits per heavy atom. The highest BCUT2D eigenvalue weighted by atomic mass is 32.2. The summed E-state index contributed by atoms with van der Waals surface area (Å²) >= 11 is 0. The molecule has 1 unspecified atom stereocenters. The molecule has 0 aromatic heterocycles. The normalized spacial score (nSPS) is 22.2. The summed E-state index contributed by atoms with van der Waals surface area (Å²) < 4.78 is 25.6. The molecule has 1 saturated carbocycles. The van der Waals surface area contributed by atoms with E-state index in [1.165, 1.54) is 17.1 Å². The molecule has 1 aromatic carbocycles. The fourth-order valence-corrected chi connectivity index (χ4v) is 3.96. The number of sulfonamides is 1. The molecule has 1 aromatic rings. The van der Waals surface area contributed by atoms with Gasteiger partial charge in [-0.2, -0.15) is 0 Å². The Kier molecular flexibility index (Phi) is 4.63. The SMILES string of the molecule is CN(C)S(=O)(=O)c1cccc(NC2CCCC(C)(C)C2)c1. The molecule has 0 bridgehead atoms. The molecular formula is C16H26N2O2S. The molecule has 1 fully saturated rings. The Bertz CT molecular complexity index is 594. The molecule has 0 heterocycles. The smallest absolute Gasteiger partial charge is 0.242 e. The molecule has 1 N–H and O–H groups in total. The molecule has 21 heavy (non-hydrogen) atoms. The Labute approximate surface area is 128 Å². The van der Waals surface area contributed by atoms with Crippen LogP contribution in [-0.4, -0.2) is 32.9 Å². The van der Waals surface area contributed by atoms with E-state index in [-0.39, 0.29) is 0 Å². The number of hydrogen-bond acceptors (Lipinski definition) is 3. The summed E-state index contributed by atoms with van der Waals surface area (Å²) in [5.74, 6) is 0. The second-order valence-electron chi connectivity index (χ2n) is 6.92. The van der Waals surface area contributed by atoms with Crippen LogP contribution in [0.1, 0.15) is 39.5 Å². The lowest BCUT2D eigenvalue weighted by Gasteiger charge is -2.36. The number of rotatable bonds is 4. The van der Waals surface area contributed by atoms with Crippen molar-refractivity contribution < 1.29 is 8.42 Å². The minimum atomic E-state index is -3.37. The first kappa shape index (κ1) is 16.3. The van der Waals surface area contributed by atoms with Gasteiger partial charge in [0.25, 0.3) is 0 Å². The van der Waals surface area contributed by atoms with Gasteiger partial charge in [-0.15, -0.1) is 0 Å². The van der Waals surface area contributed by atoms with Gasteiger partial charge >= 0.3 is 0 Å². The second-order valence-corrected chi connectivity index (χ2v) is 9.07. The first-order chi connectivity index (χ1) is 9.71. The highest BCUT2D eigenvalue weighted by molar-refractivity contribution is 7.89. The van der Waals surface area contributed by atoms with Crippen LogP contribution < -0.4 is 5.32 Å². The maximum Gasteiger partial charge on any atom is 0.242 e. The molecule has 0 amide bonds. The summed E-state index contributed by atoms with van der Waals surface area (Å²) in [7, 11) is -0.260. The first-order valence-corrected chi connectivity index (χ1v) is 8.94. The van der Waals surface area contributed by atoms with Crippen LogP contribution in [0.5, 0.6) is 0 Å². The maximum absolute atomic E-state index is 12.2. The predicted octanol–water partition coefficient (Wildman–Crippen LogP) is 3.32. The molecule has 1 atom stereocenters. The summed E-state index contributed by atoms with van der Waals surface area (Å²) in [6.45, 7) is 4.60. The molecule has 0 radical (unpaired) electrons. The van der Waals surface area contributed by atoms with Gasteiger partial charge in [-0.1, -0.05) is 26.3 Å². The van der Waals surface area contributed by atoms with Gasteiger partial charge in [0.05, 0.1) is 4.90 Å². The van der Waals surface area contributed by atoms with Crippen molar-refractivity contribution in [1.29, 1.82) is 0 Å². The van der Waals surface area contributed by atoms with Gasteiger partial charge in [-0.3, -0.25) is 0 Å². The van der Waals surface area contributed by atoms with Crippen LogP contribution in [0.3, 0.4) is 0 Å². The van der Waals surface area contributed by atoms with Crippen LogP contribution >= 0.6 is 0 Å². The molecule has 0 saturated heterocycles. The largest absolute Gasteiger partial charge is 0.382 e. The van der Waals surface area contributed by atoms with Crippen LogP contribution in [-0.2, 0) is 10.0 Å². The summed E-state index contributed by atoms with van der Waals surface area (Å²) in [6, 6.07) is 7.54. The zero-order valence-electron chi connectivity index (χ0n) is 13.4. The molecule has 1 aliphatic rings. The average Bonchev–Trinajstić information content (AvgIpc) is 2.37. The van der Waals surface area contributed by atoms with E-state index in [0.717, 1.165) is 18.5 Å². The number of nitrogens with one attached hydrogen (secondary N) is 1. The molecule has 0 spiro atoms. The lowest BCUT2D eigenvalue weighted by Crippen LogP contribution is -2.31. The molecule has 118 valence electrons. The third-order valence-corrected chi connectivity index (χ3v) is 6.00. The van der Waals surface area contributed by atoms with Crippen molar-refractivity contribution in [3.05, 3.63) is 24.3 Å². The van der Waals surface area contributed by atoms with Crippen LogP contribution in [0.4, 0.5) is 5.69 Å². The highest BCUT2D eigenvalue weighted by Crippen LogP contribution is 2.36.